The first-order valence-corrected chi connectivity index (χ1v) is 10.5. The summed E-state index contributed by atoms with van der Waals surface area (Å²) in [6.07, 6.45) is 3.26. The summed E-state index contributed by atoms with van der Waals surface area (Å²) in [7, 11) is 0. The van der Waals surface area contributed by atoms with Gasteiger partial charge in [0.2, 0.25) is 0 Å². The fourth-order valence-electron chi connectivity index (χ4n) is 2.92. The molecule has 0 radical (unpaired) electrons. The maximum absolute atomic E-state index is 12.0. The smallest absolute Gasteiger partial charge is 0.258 e. The second-order valence-corrected chi connectivity index (χ2v) is 7.74. The molecule has 9 heteroatoms. The number of thiophene rings is 1. The fourth-order valence-corrected chi connectivity index (χ4v) is 3.56. The molecule has 8 nitrogen and oxygen atoms in total. The first-order valence-electron chi connectivity index (χ1n) is 9.58. The summed E-state index contributed by atoms with van der Waals surface area (Å²) in [6, 6.07) is 11.7. The molecule has 0 bridgehead atoms. The number of nitrogens with one attached hydrogen (secondary N) is 2. The second-order valence-electron chi connectivity index (χ2n) is 6.71. The Hall–Kier alpha value is -3.46. The van der Waals surface area contributed by atoms with Crippen molar-refractivity contribution in [3.05, 3.63) is 64.7 Å². The van der Waals surface area contributed by atoms with Crippen molar-refractivity contribution in [2.24, 2.45) is 0 Å². The highest BCUT2D eigenvalue weighted by atomic mass is 32.1. The largest absolute Gasteiger partial charge is 0.484 e. The van der Waals surface area contributed by atoms with Crippen LogP contribution >= 0.6 is 11.3 Å². The van der Waals surface area contributed by atoms with Crippen LogP contribution in [0.1, 0.15) is 10.4 Å². The number of benzene rings is 1. The molecule has 0 aliphatic heterocycles. The van der Waals surface area contributed by atoms with Crippen molar-refractivity contribution in [2.45, 2.75) is 20.0 Å². The topological polar surface area (TPSA) is 94.0 Å². The van der Waals surface area contributed by atoms with Gasteiger partial charge in [0, 0.05) is 11.4 Å². The summed E-state index contributed by atoms with van der Waals surface area (Å²) in [5.41, 5.74) is 1.87. The fraction of sp³-hybridized carbons (Fsp3) is 0.238. The van der Waals surface area contributed by atoms with Crippen LogP contribution in [0.3, 0.4) is 0 Å². The van der Waals surface area contributed by atoms with Gasteiger partial charge in [0.1, 0.15) is 17.9 Å². The highest BCUT2D eigenvalue weighted by molar-refractivity contribution is 7.09. The zero-order chi connectivity index (χ0) is 20.8. The van der Waals surface area contributed by atoms with E-state index in [4.69, 9.17) is 4.74 Å². The highest BCUT2D eigenvalue weighted by Gasteiger charge is 2.10. The average Bonchev–Trinajstić information content (AvgIpc) is 3.42. The van der Waals surface area contributed by atoms with Crippen LogP contribution in [0.4, 0.5) is 5.82 Å². The zero-order valence-electron chi connectivity index (χ0n) is 16.5. The molecular formula is C21H22N6O2S. The third-order valence-electron chi connectivity index (χ3n) is 4.48. The molecular weight excluding hydrogens is 400 g/mol. The van der Waals surface area contributed by atoms with E-state index in [9.17, 15) is 4.79 Å². The van der Waals surface area contributed by atoms with Crippen LogP contribution in [0.15, 0.2) is 54.3 Å². The minimum Gasteiger partial charge on any atom is -0.484 e. The Balaban J connectivity index is 1.29. The van der Waals surface area contributed by atoms with Gasteiger partial charge in [0.05, 0.1) is 24.7 Å². The molecule has 0 aliphatic rings. The summed E-state index contributed by atoms with van der Waals surface area (Å²) in [6.45, 7) is 3.60. The number of anilines is 1. The van der Waals surface area contributed by atoms with E-state index in [1.807, 2.05) is 42.6 Å². The molecule has 0 saturated heterocycles. The van der Waals surface area contributed by atoms with Crippen LogP contribution in [0, 0.1) is 6.92 Å². The number of hydrogen-bond donors (Lipinski definition) is 2. The van der Waals surface area contributed by atoms with Gasteiger partial charge >= 0.3 is 0 Å². The number of nitrogens with zero attached hydrogens (tertiary/aromatic N) is 4. The average molecular weight is 423 g/mol. The lowest BCUT2D eigenvalue weighted by molar-refractivity contribution is -0.123. The van der Waals surface area contributed by atoms with Crippen LogP contribution in [0.5, 0.6) is 5.75 Å². The third-order valence-corrected chi connectivity index (χ3v) is 5.36. The summed E-state index contributed by atoms with van der Waals surface area (Å²) in [4.78, 5) is 21.9. The molecule has 0 fully saturated rings. The van der Waals surface area contributed by atoms with E-state index in [-0.39, 0.29) is 12.5 Å². The predicted molar refractivity (Wildman–Crippen MR) is 117 cm³/mol. The Bertz CT molecular complexity index is 1110. The van der Waals surface area contributed by atoms with E-state index in [1.165, 1.54) is 11.2 Å². The molecule has 1 aromatic carbocycles. The van der Waals surface area contributed by atoms with Crippen molar-refractivity contribution in [1.82, 2.24) is 25.1 Å². The molecule has 3 aromatic heterocycles. The van der Waals surface area contributed by atoms with Gasteiger partial charge in [-0.1, -0.05) is 23.8 Å². The molecule has 0 atom stereocenters. The van der Waals surface area contributed by atoms with Crippen molar-refractivity contribution in [1.29, 1.82) is 0 Å². The van der Waals surface area contributed by atoms with Gasteiger partial charge < -0.3 is 15.4 Å². The molecule has 154 valence electrons. The molecule has 0 aliphatic carbocycles. The molecule has 4 aromatic rings. The van der Waals surface area contributed by atoms with E-state index in [1.54, 1.807) is 22.2 Å². The van der Waals surface area contributed by atoms with Gasteiger partial charge in [0.15, 0.2) is 12.3 Å². The third kappa shape index (κ3) is 4.93. The second kappa shape index (κ2) is 9.36. The summed E-state index contributed by atoms with van der Waals surface area (Å²) in [5, 5.41) is 13.5. The van der Waals surface area contributed by atoms with Crippen molar-refractivity contribution in [3.63, 3.8) is 0 Å². The highest BCUT2D eigenvalue weighted by Crippen LogP contribution is 2.20. The number of carbonyl (C=O) groups is 1. The first kappa shape index (κ1) is 19.8. The van der Waals surface area contributed by atoms with Crippen molar-refractivity contribution in [3.8, 4) is 5.75 Å². The number of aromatic nitrogens is 4. The van der Waals surface area contributed by atoms with E-state index in [0.29, 0.717) is 25.4 Å². The molecule has 0 spiro atoms. The molecule has 1 amide bonds. The predicted octanol–water partition coefficient (Wildman–Crippen LogP) is 3.00. The van der Waals surface area contributed by atoms with Gasteiger partial charge in [-0.25, -0.2) is 14.6 Å². The molecule has 30 heavy (non-hydrogen) atoms. The number of aryl methyl sites for hydroxylation is 1. The van der Waals surface area contributed by atoms with Crippen molar-refractivity contribution in [2.75, 3.05) is 18.5 Å². The zero-order valence-corrected chi connectivity index (χ0v) is 17.4. The first-order chi connectivity index (χ1) is 14.7. The van der Waals surface area contributed by atoms with Gasteiger partial charge in [-0.3, -0.25) is 4.79 Å². The van der Waals surface area contributed by atoms with Crippen LogP contribution < -0.4 is 15.4 Å². The standard InChI is InChI=1S/C21H22N6O2S/c1-15-4-6-16(7-5-15)29-13-19(28)22-8-9-27-21-18(12-26-27)20(24-14-25-21)23-11-17-3-2-10-30-17/h2-7,10,12,14H,8-9,11,13H2,1H3,(H,22,28)(H,23,24,25). The van der Waals surface area contributed by atoms with E-state index < -0.39 is 0 Å². The Labute approximate surface area is 177 Å². The van der Waals surface area contributed by atoms with Gasteiger partial charge in [-0.15, -0.1) is 11.3 Å². The minimum absolute atomic E-state index is 0.0259. The van der Waals surface area contributed by atoms with Crippen LogP contribution in [0.25, 0.3) is 11.0 Å². The normalized spacial score (nSPS) is 10.8. The number of hydrogen-bond acceptors (Lipinski definition) is 7. The van der Waals surface area contributed by atoms with E-state index >= 15 is 0 Å². The Morgan fingerprint density at radius 1 is 1.20 bits per heavy atom. The summed E-state index contributed by atoms with van der Waals surface area (Å²) in [5.74, 6) is 1.24. The Morgan fingerprint density at radius 3 is 2.87 bits per heavy atom. The van der Waals surface area contributed by atoms with Crippen molar-refractivity contribution < 1.29 is 9.53 Å². The van der Waals surface area contributed by atoms with Crippen LogP contribution in [0.2, 0.25) is 0 Å². The maximum Gasteiger partial charge on any atom is 0.258 e. The van der Waals surface area contributed by atoms with Gasteiger partial charge in [0.25, 0.3) is 5.91 Å². The molecule has 3 heterocycles. The van der Waals surface area contributed by atoms with Gasteiger partial charge in [-0.2, -0.15) is 5.10 Å². The van der Waals surface area contributed by atoms with Crippen molar-refractivity contribution >= 4 is 34.1 Å². The number of carbonyl (C=O) groups excluding carboxylic acids is 1. The Morgan fingerprint density at radius 2 is 2.07 bits per heavy atom. The molecule has 2 N–H and O–H groups in total. The maximum atomic E-state index is 12.0. The molecule has 0 unspecified atom stereocenters. The van der Waals surface area contributed by atoms with Crippen LogP contribution in [-0.2, 0) is 17.9 Å². The summed E-state index contributed by atoms with van der Waals surface area (Å²) < 4.78 is 7.25. The molecule has 4 rings (SSSR count). The van der Waals surface area contributed by atoms with Crippen LogP contribution in [-0.4, -0.2) is 38.8 Å². The minimum atomic E-state index is -0.181. The lowest BCUT2D eigenvalue weighted by Gasteiger charge is -2.08. The lowest BCUT2D eigenvalue weighted by atomic mass is 10.2. The Kier molecular flexibility index (Phi) is 6.19. The monoisotopic (exact) mass is 422 g/mol. The quantitative estimate of drug-likeness (QED) is 0.431. The summed E-state index contributed by atoms with van der Waals surface area (Å²) >= 11 is 1.69. The molecule has 0 saturated carbocycles. The SMILES string of the molecule is Cc1ccc(OCC(=O)NCCn2ncc3c(NCc4cccs4)ncnc32)cc1. The van der Waals surface area contributed by atoms with E-state index in [0.717, 1.165) is 22.4 Å². The number of amides is 1. The van der Waals surface area contributed by atoms with Gasteiger partial charge in [-0.05, 0) is 30.5 Å². The number of fused-ring (bicyclic) bond motifs is 1. The van der Waals surface area contributed by atoms with E-state index in [2.05, 4.69) is 31.8 Å². The number of ether oxygens (including phenoxy) is 1. The number of rotatable bonds is 9. The lowest BCUT2D eigenvalue weighted by Crippen LogP contribution is -2.31.